The third-order valence-corrected chi connectivity index (χ3v) is 2.76. The van der Waals surface area contributed by atoms with Crippen LogP contribution in [-0.4, -0.2) is 30.7 Å². The Labute approximate surface area is 129 Å². The predicted molar refractivity (Wildman–Crippen MR) is 60.2 cm³/mol. The summed E-state index contributed by atoms with van der Waals surface area (Å²) in [6.07, 6.45) is -11.0. The number of hydrogen-bond donors (Lipinski definition) is 0. The van der Waals surface area contributed by atoms with Gasteiger partial charge in [-0.05, 0) is 6.42 Å². The van der Waals surface area contributed by atoms with E-state index in [1.165, 1.54) is 0 Å². The molecule has 0 aliphatic rings. The first-order valence-electron chi connectivity index (χ1n) is 6.53. The SMILES string of the molecule is CCCCCCOC(F)(F)C(F)=C(F)C(F)(F)C(F)(F)C(F)(F)F. The van der Waals surface area contributed by atoms with Crippen LogP contribution in [0.1, 0.15) is 32.6 Å². The largest absolute Gasteiger partial charge is 0.460 e. The van der Waals surface area contributed by atoms with Crippen molar-refractivity contribution in [1.82, 2.24) is 0 Å². The van der Waals surface area contributed by atoms with Gasteiger partial charge >= 0.3 is 24.1 Å². The predicted octanol–water partition coefficient (Wildman–Crippen LogP) is 6.16. The van der Waals surface area contributed by atoms with E-state index in [1.807, 2.05) is 0 Å². The van der Waals surface area contributed by atoms with Crippen LogP contribution < -0.4 is 0 Å². The average molecular weight is 382 g/mol. The lowest BCUT2D eigenvalue weighted by atomic mass is 10.1. The molecule has 0 saturated heterocycles. The zero-order valence-corrected chi connectivity index (χ0v) is 12.1. The minimum Gasteiger partial charge on any atom is -0.315 e. The van der Waals surface area contributed by atoms with Gasteiger partial charge in [-0.3, -0.25) is 0 Å². The molecule has 0 aromatic heterocycles. The molecular weight excluding hydrogens is 369 g/mol. The number of hydrogen-bond acceptors (Lipinski definition) is 1. The molecule has 1 nitrogen and oxygen atoms in total. The van der Waals surface area contributed by atoms with Crippen LogP contribution in [-0.2, 0) is 4.74 Å². The van der Waals surface area contributed by atoms with Crippen molar-refractivity contribution in [3.05, 3.63) is 11.7 Å². The number of halogens is 11. The van der Waals surface area contributed by atoms with Gasteiger partial charge in [0.1, 0.15) is 0 Å². The summed E-state index contributed by atoms with van der Waals surface area (Å²) < 4.78 is 142. The zero-order chi connectivity index (χ0) is 19.4. The highest BCUT2D eigenvalue weighted by Crippen LogP contribution is 2.52. The second-order valence-electron chi connectivity index (χ2n) is 4.70. The first kappa shape index (κ1) is 22.9. The molecule has 12 heteroatoms. The van der Waals surface area contributed by atoms with Gasteiger partial charge in [0.15, 0.2) is 0 Å². The molecule has 0 rings (SSSR count). The van der Waals surface area contributed by atoms with Crippen molar-refractivity contribution in [2.75, 3.05) is 6.61 Å². The van der Waals surface area contributed by atoms with Crippen molar-refractivity contribution in [2.24, 2.45) is 0 Å². The summed E-state index contributed by atoms with van der Waals surface area (Å²) in [6.45, 7) is 0.797. The summed E-state index contributed by atoms with van der Waals surface area (Å²) in [6, 6.07) is 0. The maximum Gasteiger partial charge on any atom is 0.460 e. The Hall–Kier alpha value is -1.07. The molecule has 0 atom stereocenters. The molecule has 0 fully saturated rings. The molecule has 0 aromatic rings. The Morgan fingerprint density at radius 1 is 0.750 bits per heavy atom. The molecule has 0 aliphatic heterocycles. The van der Waals surface area contributed by atoms with E-state index in [0.717, 1.165) is 0 Å². The standard InChI is InChI=1S/C12H13F11O/c1-2-3-4-5-6-24-10(17,18)8(14)7(13)9(15,16)11(19,20)12(21,22)23/h2-6H2,1H3. The Bertz CT molecular complexity index is 439. The first-order chi connectivity index (χ1) is 10.6. The molecule has 0 bridgehead atoms. The van der Waals surface area contributed by atoms with Crippen molar-refractivity contribution in [3.8, 4) is 0 Å². The third-order valence-electron chi connectivity index (χ3n) is 2.76. The van der Waals surface area contributed by atoms with Crippen molar-refractivity contribution < 1.29 is 53.0 Å². The van der Waals surface area contributed by atoms with E-state index in [2.05, 4.69) is 4.74 Å². The van der Waals surface area contributed by atoms with Gasteiger partial charge in [-0.25, -0.2) is 4.39 Å². The molecular formula is C12H13F11O. The van der Waals surface area contributed by atoms with Crippen molar-refractivity contribution in [2.45, 2.75) is 56.7 Å². The van der Waals surface area contributed by atoms with Crippen LogP contribution in [0, 0.1) is 0 Å². The Balaban J connectivity index is 5.34. The fourth-order valence-electron chi connectivity index (χ4n) is 1.37. The quantitative estimate of drug-likeness (QED) is 0.343. The van der Waals surface area contributed by atoms with Crippen LogP contribution >= 0.6 is 0 Å². The summed E-state index contributed by atoms with van der Waals surface area (Å²) in [5.74, 6) is -22.1. The summed E-state index contributed by atoms with van der Waals surface area (Å²) >= 11 is 0. The normalized spacial score (nSPS) is 15.5. The van der Waals surface area contributed by atoms with E-state index < -0.39 is 42.4 Å². The van der Waals surface area contributed by atoms with Crippen LogP contribution in [0.2, 0.25) is 0 Å². The van der Waals surface area contributed by atoms with Crippen LogP contribution in [0.25, 0.3) is 0 Å². The van der Waals surface area contributed by atoms with Gasteiger partial charge in [0, 0.05) is 0 Å². The summed E-state index contributed by atoms with van der Waals surface area (Å²) in [5.41, 5.74) is 0. The maximum atomic E-state index is 13.0. The molecule has 0 saturated carbocycles. The van der Waals surface area contributed by atoms with Gasteiger partial charge < -0.3 is 4.74 Å². The molecule has 0 spiro atoms. The van der Waals surface area contributed by atoms with E-state index in [1.54, 1.807) is 6.92 Å². The van der Waals surface area contributed by atoms with E-state index in [4.69, 9.17) is 0 Å². The van der Waals surface area contributed by atoms with Crippen LogP contribution in [0.15, 0.2) is 11.7 Å². The number of alkyl halides is 9. The Morgan fingerprint density at radius 2 is 1.25 bits per heavy atom. The molecule has 24 heavy (non-hydrogen) atoms. The molecule has 0 amide bonds. The Kier molecular flexibility index (Phi) is 7.52. The highest BCUT2D eigenvalue weighted by atomic mass is 19.4. The average Bonchev–Trinajstić information content (AvgIpc) is 2.43. The first-order valence-corrected chi connectivity index (χ1v) is 6.53. The summed E-state index contributed by atoms with van der Waals surface area (Å²) in [4.78, 5) is 0. The Morgan fingerprint density at radius 3 is 1.67 bits per heavy atom. The maximum absolute atomic E-state index is 13.0. The lowest BCUT2D eigenvalue weighted by Gasteiger charge is -2.27. The second-order valence-corrected chi connectivity index (χ2v) is 4.70. The number of ether oxygens (including phenoxy) is 1. The number of allylic oxidation sites excluding steroid dienone is 1. The minimum atomic E-state index is -7.10. The molecule has 0 radical (unpaired) electrons. The molecule has 0 unspecified atom stereocenters. The van der Waals surface area contributed by atoms with Gasteiger partial charge in [0.05, 0.1) is 6.61 Å². The topological polar surface area (TPSA) is 9.23 Å². The fraction of sp³-hybridized carbons (Fsp3) is 0.833. The van der Waals surface area contributed by atoms with Crippen molar-refractivity contribution >= 4 is 0 Å². The number of rotatable bonds is 9. The lowest BCUT2D eigenvalue weighted by molar-refractivity contribution is -0.349. The highest BCUT2D eigenvalue weighted by Gasteiger charge is 2.76. The molecule has 0 aliphatic carbocycles. The van der Waals surface area contributed by atoms with Crippen LogP contribution in [0.5, 0.6) is 0 Å². The smallest absolute Gasteiger partial charge is 0.315 e. The highest BCUT2D eigenvalue weighted by molar-refractivity contribution is 5.19. The monoisotopic (exact) mass is 382 g/mol. The fourth-order valence-corrected chi connectivity index (χ4v) is 1.37. The van der Waals surface area contributed by atoms with Gasteiger partial charge in [-0.15, -0.1) is 0 Å². The van der Waals surface area contributed by atoms with Gasteiger partial charge in [0.2, 0.25) is 11.7 Å². The van der Waals surface area contributed by atoms with E-state index in [0.29, 0.717) is 19.3 Å². The third kappa shape index (κ3) is 4.96. The molecule has 0 aromatic carbocycles. The van der Waals surface area contributed by atoms with Gasteiger partial charge in [-0.1, -0.05) is 26.2 Å². The zero-order valence-electron chi connectivity index (χ0n) is 12.1. The van der Waals surface area contributed by atoms with Crippen molar-refractivity contribution in [1.29, 1.82) is 0 Å². The van der Waals surface area contributed by atoms with Crippen LogP contribution in [0.3, 0.4) is 0 Å². The molecule has 0 heterocycles. The summed E-state index contributed by atoms with van der Waals surface area (Å²) in [7, 11) is 0. The molecule has 0 N–H and O–H groups in total. The van der Waals surface area contributed by atoms with Crippen LogP contribution in [0.4, 0.5) is 48.3 Å². The van der Waals surface area contributed by atoms with E-state index in [9.17, 15) is 48.3 Å². The van der Waals surface area contributed by atoms with E-state index in [-0.39, 0.29) is 6.42 Å². The minimum absolute atomic E-state index is 0.118. The molecule has 144 valence electrons. The number of unbranched alkanes of at least 4 members (excludes halogenated alkanes) is 3. The van der Waals surface area contributed by atoms with E-state index >= 15 is 0 Å². The summed E-state index contributed by atoms with van der Waals surface area (Å²) in [5, 5.41) is 0. The van der Waals surface area contributed by atoms with Gasteiger partial charge in [0.25, 0.3) is 0 Å². The lowest BCUT2D eigenvalue weighted by Crippen LogP contribution is -2.53. The second kappa shape index (κ2) is 7.87. The van der Waals surface area contributed by atoms with Crippen molar-refractivity contribution in [3.63, 3.8) is 0 Å². The van der Waals surface area contributed by atoms with Gasteiger partial charge in [-0.2, -0.15) is 43.9 Å².